The molecule has 1 fully saturated rings. The van der Waals surface area contributed by atoms with Crippen LogP contribution in [-0.4, -0.2) is 45.3 Å². The summed E-state index contributed by atoms with van der Waals surface area (Å²) >= 11 is 8.63. The molecule has 2 N–H and O–H groups in total. The number of anilines is 1. The zero-order valence-electron chi connectivity index (χ0n) is 15.9. The first-order valence-corrected chi connectivity index (χ1v) is 10.3. The van der Waals surface area contributed by atoms with Crippen molar-refractivity contribution >= 4 is 56.7 Å². The van der Waals surface area contributed by atoms with E-state index in [1.54, 1.807) is 31.2 Å². The first-order valence-electron chi connectivity index (χ1n) is 9.06. The molecule has 0 aliphatic carbocycles. The van der Waals surface area contributed by atoms with Gasteiger partial charge >= 0.3 is 0 Å². The number of hydrogen-bond donors (Lipinski definition) is 2. The van der Waals surface area contributed by atoms with Crippen molar-refractivity contribution in [3.63, 3.8) is 0 Å². The second-order valence-electron chi connectivity index (χ2n) is 6.46. The van der Waals surface area contributed by atoms with Crippen molar-refractivity contribution in [2.24, 2.45) is 0 Å². The van der Waals surface area contributed by atoms with Gasteiger partial charge in [-0.3, -0.25) is 24.7 Å². The monoisotopic (exact) mass is 492 g/mol. The van der Waals surface area contributed by atoms with Crippen LogP contribution in [0.15, 0.2) is 53.0 Å². The second-order valence-corrected chi connectivity index (χ2v) is 7.74. The third kappa shape index (κ3) is 4.82. The van der Waals surface area contributed by atoms with Crippen molar-refractivity contribution in [1.82, 2.24) is 15.3 Å². The minimum absolute atomic E-state index is 0.0678. The number of nitrogens with one attached hydrogen (secondary N) is 2. The highest BCUT2D eigenvalue weighted by Gasteiger charge is 2.43. The Bertz CT molecular complexity index is 1000. The minimum atomic E-state index is -1.01. The molecule has 0 radical (unpaired) electrons. The van der Waals surface area contributed by atoms with Crippen molar-refractivity contribution in [3.05, 3.63) is 64.4 Å². The van der Waals surface area contributed by atoms with Crippen LogP contribution in [-0.2, 0) is 9.59 Å². The molecular formula is C20H18BrFN4O3S. The van der Waals surface area contributed by atoms with Crippen LogP contribution in [0.2, 0.25) is 0 Å². The van der Waals surface area contributed by atoms with E-state index < -0.39 is 29.6 Å². The summed E-state index contributed by atoms with van der Waals surface area (Å²) in [6, 6.07) is 11.1. The minimum Gasteiger partial charge on any atom is -0.326 e. The molecule has 1 atom stereocenters. The van der Waals surface area contributed by atoms with E-state index in [0.717, 1.165) is 10.5 Å². The van der Waals surface area contributed by atoms with Crippen LogP contribution in [0, 0.1) is 5.82 Å². The van der Waals surface area contributed by atoms with E-state index in [-0.39, 0.29) is 23.6 Å². The third-order valence-corrected chi connectivity index (χ3v) is 5.38. The van der Waals surface area contributed by atoms with Gasteiger partial charge in [-0.05, 0) is 61.6 Å². The zero-order valence-corrected chi connectivity index (χ0v) is 18.3. The van der Waals surface area contributed by atoms with Gasteiger partial charge in [0.15, 0.2) is 5.11 Å². The predicted octanol–water partition coefficient (Wildman–Crippen LogP) is 3.08. The van der Waals surface area contributed by atoms with E-state index in [0.29, 0.717) is 5.69 Å². The molecule has 2 aromatic carbocycles. The number of likely N-dealkylation sites (N-methyl/N-ethyl adjacent to an activating group) is 1. The van der Waals surface area contributed by atoms with Gasteiger partial charge in [0.2, 0.25) is 5.91 Å². The summed E-state index contributed by atoms with van der Waals surface area (Å²) in [6.45, 7) is 2.02. The number of hydrogen-bond acceptors (Lipinski definition) is 4. The van der Waals surface area contributed by atoms with Crippen molar-refractivity contribution < 1.29 is 18.8 Å². The molecule has 1 aliphatic heterocycles. The van der Waals surface area contributed by atoms with Crippen molar-refractivity contribution in [2.45, 2.75) is 19.4 Å². The number of benzene rings is 2. The number of thiocarbonyl (C=S) groups is 1. The van der Waals surface area contributed by atoms with Gasteiger partial charge in [-0.2, -0.15) is 0 Å². The summed E-state index contributed by atoms with van der Waals surface area (Å²) in [6.07, 6.45) is -0.227. The average molecular weight is 493 g/mol. The standard InChI is InChI=1S/C20H18BrFN4O3S/c1-2-25-19(29)16(11-17(27)23-15-8-6-13(21)7-9-15)26(20(25)30)24-18(28)12-4-3-5-14(22)10-12/h3-10,16H,2,11H2,1H3,(H,23,27)(H,24,28)/t16-/m0/s1. The van der Waals surface area contributed by atoms with Crippen LogP contribution >= 0.6 is 28.1 Å². The largest absolute Gasteiger partial charge is 0.326 e. The Morgan fingerprint density at radius 3 is 2.53 bits per heavy atom. The van der Waals surface area contributed by atoms with Crippen LogP contribution in [0.25, 0.3) is 0 Å². The smallest absolute Gasteiger partial charge is 0.269 e. The molecule has 10 heteroatoms. The maximum atomic E-state index is 13.4. The van der Waals surface area contributed by atoms with Crippen molar-refractivity contribution in [3.8, 4) is 0 Å². The predicted molar refractivity (Wildman–Crippen MR) is 117 cm³/mol. The maximum absolute atomic E-state index is 13.4. The van der Waals surface area contributed by atoms with Gasteiger partial charge in [0.05, 0.1) is 6.42 Å². The fraction of sp³-hybridized carbons (Fsp3) is 0.200. The quantitative estimate of drug-likeness (QED) is 0.605. The number of nitrogens with zero attached hydrogens (tertiary/aromatic N) is 2. The van der Waals surface area contributed by atoms with Gasteiger partial charge in [0, 0.05) is 22.3 Å². The number of hydrazine groups is 1. The van der Waals surface area contributed by atoms with E-state index >= 15 is 0 Å². The Hall–Kier alpha value is -2.85. The van der Waals surface area contributed by atoms with Crippen molar-refractivity contribution in [1.29, 1.82) is 0 Å². The summed E-state index contributed by atoms with van der Waals surface area (Å²) in [4.78, 5) is 39.1. The van der Waals surface area contributed by atoms with E-state index in [1.165, 1.54) is 28.1 Å². The third-order valence-electron chi connectivity index (χ3n) is 4.43. The molecule has 156 valence electrons. The lowest BCUT2D eigenvalue weighted by molar-refractivity contribution is -0.130. The van der Waals surface area contributed by atoms with Crippen LogP contribution < -0.4 is 10.7 Å². The number of rotatable bonds is 6. The molecule has 1 saturated heterocycles. The molecule has 0 bridgehead atoms. The molecule has 2 aromatic rings. The van der Waals surface area contributed by atoms with E-state index in [1.807, 2.05) is 0 Å². The highest BCUT2D eigenvalue weighted by Crippen LogP contribution is 2.21. The van der Waals surface area contributed by atoms with Gasteiger partial charge in [-0.15, -0.1) is 0 Å². The summed E-state index contributed by atoms with van der Waals surface area (Å²) in [7, 11) is 0. The van der Waals surface area contributed by atoms with Crippen LogP contribution in [0.3, 0.4) is 0 Å². The average Bonchev–Trinajstić information content (AvgIpc) is 2.93. The van der Waals surface area contributed by atoms with Crippen LogP contribution in [0.1, 0.15) is 23.7 Å². The van der Waals surface area contributed by atoms with Gasteiger partial charge in [0.1, 0.15) is 11.9 Å². The molecule has 30 heavy (non-hydrogen) atoms. The summed E-state index contributed by atoms with van der Waals surface area (Å²) in [5.74, 6) is -2.02. The highest BCUT2D eigenvalue weighted by molar-refractivity contribution is 9.10. The zero-order chi connectivity index (χ0) is 21.8. The van der Waals surface area contributed by atoms with Gasteiger partial charge in [-0.1, -0.05) is 22.0 Å². The Balaban J connectivity index is 1.76. The highest BCUT2D eigenvalue weighted by atomic mass is 79.9. The number of halogens is 2. The van der Waals surface area contributed by atoms with E-state index in [9.17, 15) is 18.8 Å². The lowest BCUT2D eigenvalue weighted by atomic mass is 10.1. The molecule has 1 aliphatic rings. The second kappa shape index (κ2) is 9.31. The van der Waals surface area contributed by atoms with Crippen molar-refractivity contribution in [2.75, 3.05) is 11.9 Å². The Morgan fingerprint density at radius 1 is 1.20 bits per heavy atom. The van der Waals surface area contributed by atoms with E-state index in [4.69, 9.17) is 12.2 Å². The van der Waals surface area contributed by atoms with Gasteiger partial charge < -0.3 is 5.32 Å². The molecule has 0 spiro atoms. The number of amides is 3. The maximum Gasteiger partial charge on any atom is 0.269 e. The molecule has 0 aromatic heterocycles. The summed E-state index contributed by atoms with van der Waals surface area (Å²) in [5, 5.41) is 3.98. The van der Waals surface area contributed by atoms with Gasteiger partial charge in [-0.25, -0.2) is 9.40 Å². The Morgan fingerprint density at radius 2 is 1.90 bits per heavy atom. The SMILES string of the molecule is CCN1C(=O)[C@H](CC(=O)Nc2ccc(Br)cc2)N(NC(=O)c2cccc(F)c2)C1=S. The summed E-state index contributed by atoms with van der Waals surface area (Å²) < 4.78 is 14.3. The molecule has 3 rings (SSSR count). The van der Waals surface area contributed by atoms with Gasteiger partial charge in [0.25, 0.3) is 11.8 Å². The number of carbonyl (C=O) groups excluding carboxylic acids is 3. The fourth-order valence-electron chi connectivity index (χ4n) is 2.97. The first-order chi connectivity index (χ1) is 14.3. The van der Waals surface area contributed by atoms with Crippen LogP contribution in [0.5, 0.6) is 0 Å². The fourth-order valence-corrected chi connectivity index (χ4v) is 3.62. The molecule has 7 nitrogen and oxygen atoms in total. The normalized spacial score (nSPS) is 16.0. The van der Waals surface area contributed by atoms with E-state index in [2.05, 4.69) is 26.7 Å². The van der Waals surface area contributed by atoms with Crippen LogP contribution in [0.4, 0.5) is 10.1 Å². The summed E-state index contributed by atoms with van der Waals surface area (Å²) in [5.41, 5.74) is 3.17. The Kier molecular flexibility index (Phi) is 6.78. The first kappa shape index (κ1) is 21.8. The molecule has 3 amide bonds. The molecule has 0 saturated carbocycles. The Labute approximate surface area is 186 Å². The molecular weight excluding hydrogens is 475 g/mol. The molecule has 1 heterocycles. The topological polar surface area (TPSA) is 81.8 Å². The lowest BCUT2D eigenvalue weighted by Crippen LogP contribution is -2.49. The lowest BCUT2D eigenvalue weighted by Gasteiger charge is -2.24. The number of carbonyl (C=O) groups is 3. The molecule has 0 unspecified atom stereocenters.